The van der Waals surface area contributed by atoms with Crippen LogP contribution in [0.15, 0.2) is 48.5 Å². The summed E-state index contributed by atoms with van der Waals surface area (Å²) in [6.45, 7) is 2.07. The largest absolute Gasteiger partial charge is 0.462 e. The van der Waals surface area contributed by atoms with Crippen molar-refractivity contribution in [3.8, 4) is 11.3 Å². The first kappa shape index (κ1) is 13.4. The molecule has 1 N–H and O–H groups in total. The van der Waals surface area contributed by atoms with Crippen LogP contribution in [0.5, 0.6) is 0 Å². The minimum absolute atomic E-state index is 0.307. The van der Waals surface area contributed by atoms with Gasteiger partial charge in [-0.25, -0.2) is 9.18 Å². The number of ether oxygens (including phenoxy) is 1. The smallest absolute Gasteiger partial charge is 0.340 e. The topological polar surface area (TPSA) is 42.1 Å². The first-order chi connectivity index (χ1) is 10.2. The predicted octanol–water partition coefficient (Wildman–Crippen LogP) is 4.15. The molecule has 0 saturated carbocycles. The van der Waals surface area contributed by atoms with E-state index >= 15 is 0 Å². The number of H-pyrrole nitrogens is 1. The van der Waals surface area contributed by atoms with Crippen molar-refractivity contribution in [3.05, 3.63) is 59.9 Å². The lowest BCUT2D eigenvalue weighted by molar-refractivity contribution is 0.0529. The van der Waals surface area contributed by atoms with Gasteiger partial charge >= 0.3 is 5.97 Å². The van der Waals surface area contributed by atoms with Crippen LogP contribution >= 0.6 is 0 Å². The lowest BCUT2D eigenvalue weighted by Crippen LogP contribution is -2.05. The molecule has 4 heteroatoms. The van der Waals surface area contributed by atoms with Gasteiger partial charge in [0, 0.05) is 10.9 Å². The van der Waals surface area contributed by atoms with Crippen LogP contribution in [-0.2, 0) is 4.74 Å². The van der Waals surface area contributed by atoms with Crippen LogP contribution in [0.25, 0.3) is 22.2 Å². The summed E-state index contributed by atoms with van der Waals surface area (Å²) in [7, 11) is 0. The normalized spacial score (nSPS) is 10.8. The van der Waals surface area contributed by atoms with Gasteiger partial charge in [-0.1, -0.05) is 18.2 Å². The average molecular weight is 283 g/mol. The number of aromatic nitrogens is 1. The van der Waals surface area contributed by atoms with E-state index in [4.69, 9.17) is 4.74 Å². The predicted molar refractivity (Wildman–Crippen MR) is 79.6 cm³/mol. The van der Waals surface area contributed by atoms with Crippen molar-refractivity contribution in [2.24, 2.45) is 0 Å². The number of esters is 1. The molecule has 0 aliphatic carbocycles. The molecule has 0 aliphatic heterocycles. The highest BCUT2D eigenvalue weighted by atomic mass is 19.1. The maximum absolute atomic E-state index is 13.1. The SMILES string of the molecule is CCOC(=O)c1c(-c2ccc(F)cc2)[nH]c2ccccc12. The second-order valence-corrected chi connectivity index (χ2v) is 4.65. The molecular formula is C17H14FNO2. The highest BCUT2D eigenvalue weighted by molar-refractivity contribution is 6.10. The lowest BCUT2D eigenvalue weighted by Gasteiger charge is -2.05. The Balaban J connectivity index is 2.23. The van der Waals surface area contributed by atoms with E-state index in [1.54, 1.807) is 19.1 Å². The minimum atomic E-state index is -0.380. The number of carbonyl (C=O) groups excluding carboxylic acids is 1. The van der Waals surface area contributed by atoms with E-state index < -0.39 is 0 Å². The van der Waals surface area contributed by atoms with Gasteiger partial charge in [0.25, 0.3) is 0 Å². The Kier molecular flexibility index (Phi) is 3.44. The Morgan fingerprint density at radius 1 is 1.14 bits per heavy atom. The van der Waals surface area contributed by atoms with Gasteiger partial charge in [0.1, 0.15) is 5.82 Å². The van der Waals surface area contributed by atoms with E-state index in [0.29, 0.717) is 17.9 Å². The summed E-state index contributed by atoms with van der Waals surface area (Å²) in [5.74, 6) is -0.693. The molecule has 0 unspecified atom stereocenters. The van der Waals surface area contributed by atoms with Gasteiger partial charge in [-0.2, -0.15) is 0 Å². The van der Waals surface area contributed by atoms with Crippen LogP contribution < -0.4 is 0 Å². The molecule has 1 aromatic heterocycles. The van der Waals surface area contributed by atoms with Gasteiger partial charge in [-0.15, -0.1) is 0 Å². The lowest BCUT2D eigenvalue weighted by atomic mass is 10.1. The van der Waals surface area contributed by atoms with Crippen molar-refractivity contribution in [1.82, 2.24) is 4.98 Å². The fourth-order valence-electron chi connectivity index (χ4n) is 2.39. The van der Waals surface area contributed by atoms with Crippen molar-refractivity contribution < 1.29 is 13.9 Å². The number of fused-ring (bicyclic) bond motifs is 1. The number of benzene rings is 2. The number of para-hydroxylation sites is 1. The Morgan fingerprint density at radius 3 is 2.57 bits per heavy atom. The molecular weight excluding hydrogens is 269 g/mol. The number of aromatic amines is 1. The number of halogens is 1. The van der Waals surface area contributed by atoms with Crippen LogP contribution in [0.2, 0.25) is 0 Å². The summed E-state index contributed by atoms with van der Waals surface area (Å²) in [6.07, 6.45) is 0. The Hall–Kier alpha value is -2.62. The summed E-state index contributed by atoms with van der Waals surface area (Å²) in [6, 6.07) is 13.5. The summed E-state index contributed by atoms with van der Waals surface area (Å²) in [4.78, 5) is 15.5. The molecule has 0 amide bonds. The maximum atomic E-state index is 13.1. The number of rotatable bonds is 3. The van der Waals surface area contributed by atoms with Crippen molar-refractivity contribution in [3.63, 3.8) is 0 Å². The Labute approximate surface area is 121 Å². The number of nitrogens with one attached hydrogen (secondary N) is 1. The van der Waals surface area contributed by atoms with Crippen LogP contribution in [0.4, 0.5) is 4.39 Å². The Morgan fingerprint density at radius 2 is 1.86 bits per heavy atom. The third kappa shape index (κ3) is 2.40. The molecule has 0 bridgehead atoms. The van der Waals surface area contributed by atoms with E-state index in [0.717, 1.165) is 16.5 Å². The minimum Gasteiger partial charge on any atom is -0.462 e. The molecule has 1 heterocycles. The molecule has 2 aromatic carbocycles. The first-order valence-corrected chi connectivity index (χ1v) is 6.74. The van der Waals surface area contributed by atoms with Gasteiger partial charge in [-0.05, 0) is 42.8 Å². The van der Waals surface area contributed by atoms with E-state index in [-0.39, 0.29) is 11.8 Å². The van der Waals surface area contributed by atoms with Crippen molar-refractivity contribution in [1.29, 1.82) is 0 Å². The molecule has 0 aliphatic rings. The third-order valence-electron chi connectivity index (χ3n) is 3.32. The summed E-state index contributed by atoms with van der Waals surface area (Å²) in [5, 5.41) is 0.801. The molecule has 0 atom stereocenters. The van der Waals surface area contributed by atoms with E-state index in [2.05, 4.69) is 4.98 Å². The molecule has 3 nitrogen and oxygen atoms in total. The number of carbonyl (C=O) groups is 1. The molecule has 3 rings (SSSR count). The van der Waals surface area contributed by atoms with Gasteiger partial charge in [0.2, 0.25) is 0 Å². The summed E-state index contributed by atoms with van der Waals surface area (Å²) < 4.78 is 18.2. The fraction of sp³-hybridized carbons (Fsp3) is 0.118. The zero-order valence-electron chi connectivity index (χ0n) is 11.5. The van der Waals surface area contributed by atoms with Crippen molar-refractivity contribution in [2.45, 2.75) is 6.92 Å². The number of hydrogen-bond acceptors (Lipinski definition) is 2. The number of hydrogen-bond donors (Lipinski definition) is 1. The van der Waals surface area contributed by atoms with Gasteiger partial charge in [0.05, 0.1) is 17.9 Å². The summed E-state index contributed by atoms with van der Waals surface area (Å²) in [5.41, 5.74) is 2.73. The zero-order valence-corrected chi connectivity index (χ0v) is 11.5. The third-order valence-corrected chi connectivity index (χ3v) is 3.32. The van der Waals surface area contributed by atoms with Crippen LogP contribution in [0.1, 0.15) is 17.3 Å². The molecule has 0 saturated heterocycles. The van der Waals surface area contributed by atoms with Crippen LogP contribution in [0.3, 0.4) is 0 Å². The van der Waals surface area contributed by atoms with Crippen LogP contribution in [-0.4, -0.2) is 17.6 Å². The molecule has 3 aromatic rings. The van der Waals surface area contributed by atoms with E-state index in [1.165, 1.54) is 12.1 Å². The van der Waals surface area contributed by atoms with Gasteiger partial charge < -0.3 is 9.72 Å². The van der Waals surface area contributed by atoms with Gasteiger partial charge in [0.15, 0.2) is 0 Å². The quantitative estimate of drug-likeness (QED) is 0.734. The standard InChI is InChI=1S/C17H14FNO2/c1-2-21-17(20)15-13-5-3-4-6-14(13)19-16(15)11-7-9-12(18)10-8-11/h3-10,19H,2H2,1H3. The molecule has 0 radical (unpaired) electrons. The average Bonchev–Trinajstić information content (AvgIpc) is 2.87. The zero-order chi connectivity index (χ0) is 14.8. The molecule has 0 fully saturated rings. The Bertz CT molecular complexity index is 790. The molecule has 21 heavy (non-hydrogen) atoms. The van der Waals surface area contributed by atoms with Crippen molar-refractivity contribution >= 4 is 16.9 Å². The monoisotopic (exact) mass is 283 g/mol. The van der Waals surface area contributed by atoms with E-state index in [1.807, 2.05) is 24.3 Å². The molecule has 106 valence electrons. The van der Waals surface area contributed by atoms with Crippen LogP contribution in [0, 0.1) is 5.82 Å². The first-order valence-electron chi connectivity index (χ1n) is 6.74. The highest BCUT2D eigenvalue weighted by Gasteiger charge is 2.20. The highest BCUT2D eigenvalue weighted by Crippen LogP contribution is 2.31. The van der Waals surface area contributed by atoms with E-state index in [9.17, 15) is 9.18 Å². The van der Waals surface area contributed by atoms with Crippen molar-refractivity contribution in [2.75, 3.05) is 6.61 Å². The molecule has 0 spiro atoms. The maximum Gasteiger partial charge on any atom is 0.340 e. The van der Waals surface area contributed by atoms with Gasteiger partial charge in [-0.3, -0.25) is 0 Å². The summed E-state index contributed by atoms with van der Waals surface area (Å²) >= 11 is 0. The second-order valence-electron chi connectivity index (χ2n) is 4.65. The fourth-order valence-corrected chi connectivity index (χ4v) is 2.39. The second kappa shape index (κ2) is 5.40.